The lowest BCUT2D eigenvalue weighted by Gasteiger charge is -2.15. The van der Waals surface area contributed by atoms with Gasteiger partial charge in [0.15, 0.2) is 0 Å². The van der Waals surface area contributed by atoms with Crippen molar-refractivity contribution in [2.24, 2.45) is 0 Å². The highest BCUT2D eigenvalue weighted by Gasteiger charge is 2.34. The third-order valence-corrected chi connectivity index (χ3v) is 3.63. The van der Waals surface area contributed by atoms with Crippen molar-refractivity contribution in [2.75, 3.05) is 5.32 Å². The molecule has 0 fully saturated rings. The Labute approximate surface area is 140 Å². The third-order valence-electron chi connectivity index (χ3n) is 3.63. The topological polar surface area (TPSA) is 72.7 Å². The normalized spacial score (nSPS) is 11.4. The van der Waals surface area contributed by atoms with Gasteiger partial charge >= 0.3 is 6.18 Å². The van der Waals surface area contributed by atoms with E-state index in [4.69, 9.17) is 0 Å². The highest BCUT2D eigenvalue weighted by Crippen LogP contribution is 2.32. The maximum absolute atomic E-state index is 13.1. The molecule has 0 aliphatic carbocycles. The highest BCUT2D eigenvalue weighted by molar-refractivity contribution is 6.06. The van der Waals surface area contributed by atoms with Gasteiger partial charge in [0, 0.05) is 5.69 Å². The molecule has 1 heterocycles. The van der Waals surface area contributed by atoms with Crippen molar-refractivity contribution in [2.45, 2.75) is 13.1 Å². The van der Waals surface area contributed by atoms with Crippen LogP contribution in [0.2, 0.25) is 0 Å². The fraction of sp³-hybridized carbons (Fsp3) is 0.125. The van der Waals surface area contributed by atoms with Gasteiger partial charge < -0.3 is 5.32 Å². The van der Waals surface area contributed by atoms with E-state index in [1.165, 1.54) is 23.1 Å². The van der Waals surface area contributed by atoms with E-state index in [1.54, 1.807) is 25.1 Å². The second-order valence-corrected chi connectivity index (χ2v) is 5.20. The zero-order valence-corrected chi connectivity index (χ0v) is 12.9. The average Bonchev–Trinajstić information content (AvgIpc) is 3.10. The lowest BCUT2D eigenvalue weighted by atomic mass is 10.1. The molecule has 0 aliphatic rings. The molecule has 0 radical (unpaired) electrons. The molecule has 9 heteroatoms. The van der Waals surface area contributed by atoms with Crippen molar-refractivity contribution in [3.05, 3.63) is 65.5 Å². The van der Waals surface area contributed by atoms with Gasteiger partial charge in [0.05, 0.1) is 16.8 Å². The van der Waals surface area contributed by atoms with Crippen molar-refractivity contribution in [3.8, 4) is 5.69 Å². The lowest BCUT2D eigenvalue weighted by Crippen LogP contribution is -2.19. The third kappa shape index (κ3) is 3.35. The van der Waals surface area contributed by atoms with Crippen LogP contribution in [0.4, 0.5) is 18.9 Å². The summed E-state index contributed by atoms with van der Waals surface area (Å²) < 4.78 is 40.6. The molecular formula is C16H12F3N5O. The number of benzene rings is 2. The van der Waals surface area contributed by atoms with E-state index in [1.807, 2.05) is 0 Å². The quantitative estimate of drug-likeness (QED) is 0.789. The smallest absolute Gasteiger partial charge is 0.322 e. The van der Waals surface area contributed by atoms with Gasteiger partial charge in [-0.1, -0.05) is 18.2 Å². The van der Waals surface area contributed by atoms with Gasteiger partial charge in [0.2, 0.25) is 0 Å². The van der Waals surface area contributed by atoms with Gasteiger partial charge in [-0.25, -0.2) is 4.68 Å². The van der Waals surface area contributed by atoms with Crippen LogP contribution in [-0.4, -0.2) is 26.1 Å². The van der Waals surface area contributed by atoms with Crippen molar-refractivity contribution in [1.82, 2.24) is 20.2 Å². The summed E-state index contributed by atoms with van der Waals surface area (Å²) in [5.74, 6) is -0.843. The maximum atomic E-state index is 13.1. The monoisotopic (exact) mass is 347 g/mol. The van der Waals surface area contributed by atoms with Crippen molar-refractivity contribution >= 4 is 11.6 Å². The Kier molecular flexibility index (Phi) is 4.22. The molecule has 1 N–H and O–H groups in total. The van der Waals surface area contributed by atoms with Crippen molar-refractivity contribution in [3.63, 3.8) is 0 Å². The fourth-order valence-corrected chi connectivity index (χ4v) is 2.40. The molecule has 6 nitrogen and oxygen atoms in total. The first-order chi connectivity index (χ1) is 11.9. The van der Waals surface area contributed by atoms with Crippen LogP contribution in [0.15, 0.2) is 48.8 Å². The first-order valence-corrected chi connectivity index (χ1v) is 7.18. The molecule has 1 amide bonds. The van der Waals surface area contributed by atoms with E-state index in [-0.39, 0.29) is 0 Å². The van der Waals surface area contributed by atoms with E-state index in [2.05, 4.69) is 20.8 Å². The van der Waals surface area contributed by atoms with Crippen molar-refractivity contribution < 1.29 is 18.0 Å². The summed E-state index contributed by atoms with van der Waals surface area (Å²) in [5, 5.41) is 13.4. The van der Waals surface area contributed by atoms with Gasteiger partial charge in [0.1, 0.15) is 6.33 Å². The number of anilines is 1. The SMILES string of the molecule is Cc1c(NC(=O)c2ccccc2C(F)(F)F)cccc1-n1cnnn1. The summed E-state index contributed by atoms with van der Waals surface area (Å²) in [7, 11) is 0. The Morgan fingerprint density at radius 3 is 2.56 bits per heavy atom. The van der Waals surface area contributed by atoms with Crippen LogP contribution in [0.1, 0.15) is 21.5 Å². The number of carbonyl (C=O) groups is 1. The number of rotatable bonds is 3. The summed E-state index contributed by atoms with van der Waals surface area (Å²) >= 11 is 0. The van der Waals surface area contributed by atoms with E-state index in [0.717, 1.165) is 12.1 Å². The number of aromatic nitrogens is 4. The van der Waals surface area contributed by atoms with E-state index < -0.39 is 23.2 Å². The molecule has 3 aromatic rings. The molecule has 0 atom stereocenters. The van der Waals surface area contributed by atoms with Crippen LogP contribution < -0.4 is 5.32 Å². The number of tetrazole rings is 1. The molecule has 25 heavy (non-hydrogen) atoms. The van der Waals surface area contributed by atoms with Gasteiger partial charge in [-0.3, -0.25) is 4.79 Å². The predicted octanol–water partition coefficient (Wildman–Crippen LogP) is 3.24. The molecule has 0 aliphatic heterocycles. The van der Waals surface area contributed by atoms with Crippen LogP contribution in [0, 0.1) is 6.92 Å². The Hall–Kier alpha value is -3.23. The molecule has 1 aromatic heterocycles. The molecule has 0 saturated carbocycles. The number of carbonyl (C=O) groups excluding carboxylic acids is 1. The zero-order chi connectivity index (χ0) is 18.0. The summed E-state index contributed by atoms with van der Waals surface area (Å²) in [6.07, 6.45) is -3.23. The molecule has 0 spiro atoms. The first kappa shape index (κ1) is 16.6. The molecule has 2 aromatic carbocycles. The minimum absolute atomic E-state index is 0.370. The van der Waals surface area contributed by atoms with Crippen LogP contribution >= 0.6 is 0 Å². The van der Waals surface area contributed by atoms with Gasteiger partial charge in [0.25, 0.3) is 5.91 Å². The maximum Gasteiger partial charge on any atom is 0.417 e. The molecule has 128 valence electrons. The number of nitrogens with zero attached hydrogens (tertiary/aromatic N) is 4. The Balaban J connectivity index is 1.94. The largest absolute Gasteiger partial charge is 0.417 e. The van der Waals surface area contributed by atoms with Crippen LogP contribution in [0.3, 0.4) is 0 Å². The summed E-state index contributed by atoms with van der Waals surface area (Å²) in [5.41, 5.74) is 0.165. The minimum atomic E-state index is -4.61. The first-order valence-electron chi connectivity index (χ1n) is 7.18. The fourth-order valence-electron chi connectivity index (χ4n) is 2.40. The number of nitrogens with one attached hydrogen (secondary N) is 1. The molecule has 0 bridgehead atoms. The molecule has 3 rings (SSSR count). The predicted molar refractivity (Wildman–Crippen MR) is 83.3 cm³/mol. The second-order valence-electron chi connectivity index (χ2n) is 5.20. The minimum Gasteiger partial charge on any atom is -0.322 e. The van der Waals surface area contributed by atoms with E-state index in [0.29, 0.717) is 16.9 Å². The van der Waals surface area contributed by atoms with Gasteiger partial charge in [-0.05, 0) is 47.2 Å². The zero-order valence-electron chi connectivity index (χ0n) is 12.9. The van der Waals surface area contributed by atoms with Gasteiger partial charge in [-0.2, -0.15) is 13.2 Å². The van der Waals surface area contributed by atoms with Crippen molar-refractivity contribution in [1.29, 1.82) is 0 Å². The number of hydrogen-bond donors (Lipinski definition) is 1. The number of alkyl halides is 3. The van der Waals surface area contributed by atoms with Gasteiger partial charge in [-0.15, -0.1) is 5.10 Å². The number of amides is 1. The summed E-state index contributed by atoms with van der Waals surface area (Å²) in [4.78, 5) is 12.4. The van der Waals surface area contributed by atoms with Crippen LogP contribution in [-0.2, 0) is 6.18 Å². The average molecular weight is 347 g/mol. The Morgan fingerprint density at radius 1 is 1.12 bits per heavy atom. The van der Waals surface area contributed by atoms with Crippen LogP contribution in [0.25, 0.3) is 5.69 Å². The summed E-state index contributed by atoms with van der Waals surface area (Å²) in [6.45, 7) is 1.71. The number of halogens is 3. The van der Waals surface area contributed by atoms with E-state index in [9.17, 15) is 18.0 Å². The Morgan fingerprint density at radius 2 is 1.88 bits per heavy atom. The number of hydrogen-bond acceptors (Lipinski definition) is 4. The van der Waals surface area contributed by atoms with Crippen LogP contribution in [0.5, 0.6) is 0 Å². The summed E-state index contributed by atoms with van der Waals surface area (Å²) in [6, 6.07) is 9.60. The second kappa shape index (κ2) is 6.34. The Bertz CT molecular complexity index is 906. The standard InChI is InChI=1S/C16H12F3N5O/c1-10-13(7-4-8-14(10)24-9-20-22-23-24)21-15(25)11-5-2-3-6-12(11)16(17,18)19/h2-9H,1H3,(H,21,25). The lowest BCUT2D eigenvalue weighted by molar-refractivity contribution is -0.137. The highest BCUT2D eigenvalue weighted by atomic mass is 19.4. The molecule has 0 unspecified atom stereocenters. The molecular weight excluding hydrogens is 335 g/mol. The molecule has 0 saturated heterocycles. The van der Waals surface area contributed by atoms with E-state index >= 15 is 0 Å².